The zero-order valence-electron chi connectivity index (χ0n) is 16.0. The minimum Gasteiger partial charge on any atom is -0.350 e. The summed E-state index contributed by atoms with van der Waals surface area (Å²) >= 11 is 6.14. The van der Waals surface area contributed by atoms with E-state index in [-0.39, 0.29) is 11.9 Å². The number of pyridine rings is 1. The Balaban J connectivity index is 1.60. The van der Waals surface area contributed by atoms with E-state index in [0.717, 1.165) is 22.0 Å². The monoisotopic (exact) mass is 404 g/mol. The molecule has 0 aliphatic rings. The molecule has 0 aliphatic carbocycles. The summed E-state index contributed by atoms with van der Waals surface area (Å²) in [6.45, 7) is 0.427. The molecule has 0 bridgehead atoms. The van der Waals surface area contributed by atoms with Gasteiger partial charge in [0.25, 0.3) is 0 Å². The largest absolute Gasteiger partial charge is 0.350 e. The highest BCUT2D eigenvalue weighted by atomic mass is 35.5. The topological polar surface area (TPSA) is 59.0 Å². The lowest BCUT2D eigenvalue weighted by Crippen LogP contribution is -2.32. The van der Waals surface area contributed by atoms with Crippen molar-refractivity contribution in [2.45, 2.75) is 5.92 Å². The standard InChI is InChI=1S/C23H21ClN4O/c1-28-15-19(17-8-2-5-11-22(17)28)18(16-7-6-12-25-13-16)14-26-23(29)27-21-10-4-3-9-20(21)24/h2-13,15,18H,14H2,1H3,(H2,26,27,29)/t18-/m1/s1. The van der Waals surface area contributed by atoms with Crippen LogP contribution in [0.2, 0.25) is 5.02 Å². The van der Waals surface area contributed by atoms with Crippen LogP contribution in [0.4, 0.5) is 10.5 Å². The lowest BCUT2D eigenvalue weighted by molar-refractivity contribution is 0.252. The predicted molar refractivity (Wildman–Crippen MR) is 117 cm³/mol. The van der Waals surface area contributed by atoms with Crippen molar-refractivity contribution in [1.29, 1.82) is 0 Å². The number of rotatable bonds is 5. The van der Waals surface area contributed by atoms with E-state index in [1.807, 2.05) is 49.6 Å². The van der Waals surface area contributed by atoms with Crippen LogP contribution in [-0.4, -0.2) is 22.1 Å². The molecule has 6 heteroatoms. The highest BCUT2D eigenvalue weighted by Crippen LogP contribution is 2.31. The van der Waals surface area contributed by atoms with E-state index in [1.54, 1.807) is 18.3 Å². The van der Waals surface area contributed by atoms with Gasteiger partial charge in [0.1, 0.15) is 0 Å². The van der Waals surface area contributed by atoms with Gasteiger partial charge in [-0.2, -0.15) is 0 Å². The van der Waals surface area contributed by atoms with Gasteiger partial charge in [-0.1, -0.05) is 48.0 Å². The molecule has 1 atom stereocenters. The number of benzene rings is 2. The van der Waals surface area contributed by atoms with Gasteiger partial charge in [-0.05, 0) is 35.4 Å². The van der Waals surface area contributed by atoms with Crippen molar-refractivity contribution >= 4 is 34.2 Å². The molecule has 0 radical (unpaired) electrons. The summed E-state index contributed by atoms with van der Waals surface area (Å²) in [5.41, 5.74) is 3.92. The first-order chi connectivity index (χ1) is 14.1. The zero-order chi connectivity index (χ0) is 20.2. The van der Waals surface area contributed by atoms with Gasteiger partial charge in [0.05, 0.1) is 10.7 Å². The fraction of sp³-hybridized carbons (Fsp3) is 0.130. The van der Waals surface area contributed by atoms with E-state index in [4.69, 9.17) is 11.6 Å². The van der Waals surface area contributed by atoms with Gasteiger partial charge in [0.15, 0.2) is 0 Å². The normalized spacial score (nSPS) is 11.9. The molecular formula is C23H21ClN4O. The van der Waals surface area contributed by atoms with Crippen molar-refractivity contribution < 1.29 is 4.79 Å². The number of halogens is 1. The number of anilines is 1. The van der Waals surface area contributed by atoms with Gasteiger partial charge in [-0.3, -0.25) is 4.98 Å². The molecule has 146 valence electrons. The number of para-hydroxylation sites is 2. The molecule has 4 rings (SSSR count). The van der Waals surface area contributed by atoms with E-state index < -0.39 is 0 Å². The van der Waals surface area contributed by atoms with Crippen molar-refractivity contribution in [2.24, 2.45) is 7.05 Å². The molecule has 2 heterocycles. The fourth-order valence-electron chi connectivity index (χ4n) is 3.56. The van der Waals surface area contributed by atoms with Crippen LogP contribution in [-0.2, 0) is 7.05 Å². The van der Waals surface area contributed by atoms with Crippen LogP contribution in [0.5, 0.6) is 0 Å². The van der Waals surface area contributed by atoms with Crippen molar-refractivity contribution in [3.63, 3.8) is 0 Å². The highest BCUT2D eigenvalue weighted by Gasteiger charge is 2.20. The Hall–Kier alpha value is -3.31. The maximum atomic E-state index is 12.5. The smallest absolute Gasteiger partial charge is 0.319 e. The molecule has 0 saturated carbocycles. The zero-order valence-corrected chi connectivity index (χ0v) is 16.7. The molecule has 0 fully saturated rings. The van der Waals surface area contributed by atoms with Crippen LogP contribution in [0.3, 0.4) is 0 Å². The molecule has 2 aromatic carbocycles. The van der Waals surface area contributed by atoms with E-state index in [0.29, 0.717) is 17.3 Å². The first-order valence-corrected chi connectivity index (χ1v) is 9.74. The first-order valence-electron chi connectivity index (χ1n) is 9.37. The maximum absolute atomic E-state index is 12.5. The fourth-order valence-corrected chi connectivity index (χ4v) is 3.75. The predicted octanol–water partition coefficient (Wildman–Crippen LogP) is 5.18. The first kappa shape index (κ1) is 19.0. The van der Waals surface area contributed by atoms with Gasteiger partial charge in [0, 0.05) is 49.0 Å². The third-order valence-corrected chi connectivity index (χ3v) is 5.31. The Bertz CT molecular complexity index is 1140. The molecule has 2 aromatic heterocycles. The third kappa shape index (κ3) is 4.10. The quantitative estimate of drug-likeness (QED) is 0.481. The number of carbonyl (C=O) groups is 1. The number of amides is 2. The van der Waals surface area contributed by atoms with Crippen LogP contribution >= 0.6 is 11.6 Å². The van der Waals surface area contributed by atoms with E-state index in [2.05, 4.69) is 38.5 Å². The third-order valence-electron chi connectivity index (χ3n) is 4.98. The summed E-state index contributed by atoms with van der Waals surface area (Å²) < 4.78 is 2.11. The number of hydrogen-bond acceptors (Lipinski definition) is 2. The molecule has 0 saturated heterocycles. The van der Waals surface area contributed by atoms with Crippen molar-refractivity contribution in [3.8, 4) is 0 Å². The average molecular weight is 405 g/mol. The second-order valence-corrected chi connectivity index (χ2v) is 7.27. The number of aryl methyl sites for hydroxylation is 1. The lowest BCUT2D eigenvalue weighted by atomic mass is 9.92. The average Bonchev–Trinajstić information content (AvgIpc) is 3.07. The van der Waals surface area contributed by atoms with Gasteiger partial charge >= 0.3 is 6.03 Å². The number of aromatic nitrogens is 2. The van der Waals surface area contributed by atoms with Crippen molar-refractivity contribution in [1.82, 2.24) is 14.9 Å². The van der Waals surface area contributed by atoms with Crippen LogP contribution in [0, 0.1) is 0 Å². The number of hydrogen-bond donors (Lipinski definition) is 2. The Morgan fingerprint density at radius 1 is 1.10 bits per heavy atom. The Morgan fingerprint density at radius 2 is 1.90 bits per heavy atom. The van der Waals surface area contributed by atoms with Gasteiger partial charge in [0.2, 0.25) is 0 Å². The maximum Gasteiger partial charge on any atom is 0.319 e. The summed E-state index contributed by atoms with van der Waals surface area (Å²) in [4.78, 5) is 16.8. The van der Waals surface area contributed by atoms with E-state index >= 15 is 0 Å². The van der Waals surface area contributed by atoms with E-state index in [1.165, 1.54) is 0 Å². The number of nitrogens with zero attached hydrogens (tertiary/aromatic N) is 2. The van der Waals surface area contributed by atoms with Crippen molar-refractivity contribution in [2.75, 3.05) is 11.9 Å². The number of fused-ring (bicyclic) bond motifs is 1. The molecule has 0 spiro atoms. The van der Waals surface area contributed by atoms with Crippen LogP contribution < -0.4 is 10.6 Å². The second kappa shape index (κ2) is 8.37. The molecule has 0 aliphatic heterocycles. The summed E-state index contributed by atoms with van der Waals surface area (Å²) in [5.74, 6) is -0.0354. The molecule has 29 heavy (non-hydrogen) atoms. The van der Waals surface area contributed by atoms with Gasteiger partial charge < -0.3 is 15.2 Å². The van der Waals surface area contributed by atoms with E-state index in [9.17, 15) is 4.79 Å². The summed E-state index contributed by atoms with van der Waals surface area (Å²) in [5, 5.41) is 7.46. The van der Waals surface area contributed by atoms with Crippen LogP contribution in [0.25, 0.3) is 10.9 Å². The second-order valence-electron chi connectivity index (χ2n) is 6.87. The molecule has 0 unspecified atom stereocenters. The van der Waals surface area contributed by atoms with Gasteiger partial charge in [-0.25, -0.2) is 4.79 Å². The Labute approximate surface area is 174 Å². The molecule has 2 amide bonds. The Morgan fingerprint density at radius 3 is 2.69 bits per heavy atom. The molecular weight excluding hydrogens is 384 g/mol. The Kier molecular flexibility index (Phi) is 5.49. The number of urea groups is 1. The molecule has 2 N–H and O–H groups in total. The number of nitrogens with one attached hydrogen (secondary N) is 2. The number of carbonyl (C=O) groups excluding carboxylic acids is 1. The highest BCUT2D eigenvalue weighted by molar-refractivity contribution is 6.33. The minimum atomic E-state index is -0.299. The molecule has 4 aromatic rings. The lowest BCUT2D eigenvalue weighted by Gasteiger charge is -2.18. The summed E-state index contributed by atoms with van der Waals surface area (Å²) in [6, 6.07) is 19.1. The molecule has 5 nitrogen and oxygen atoms in total. The minimum absolute atomic E-state index is 0.0354. The van der Waals surface area contributed by atoms with Crippen LogP contribution in [0.1, 0.15) is 17.0 Å². The summed E-state index contributed by atoms with van der Waals surface area (Å²) in [6.07, 6.45) is 5.72. The van der Waals surface area contributed by atoms with Crippen molar-refractivity contribution in [3.05, 3.63) is 95.4 Å². The van der Waals surface area contributed by atoms with Gasteiger partial charge in [-0.15, -0.1) is 0 Å². The SMILES string of the molecule is Cn1cc([C@H](CNC(=O)Nc2ccccc2Cl)c2cccnc2)c2ccccc21. The summed E-state index contributed by atoms with van der Waals surface area (Å²) in [7, 11) is 2.03. The van der Waals surface area contributed by atoms with Crippen LogP contribution in [0.15, 0.2) is 79.3 Å².